The molecule has 0 heterocycles. The number of amides is 2. The molecule has 2 aliphatic rings. The minimum atomic E-state index is -0.930. The van der Waals surface area contributed by atoms with Crippen LogP contribution in [0.3, 0.4) is 0 Å². The summed E-state index contributed by atoms with van der Waals surface area (Å²) in [6.45, 7) is 0. The number of hydrogen-bond donors (Lipinski definition) is 3. The molecule has 1 aromatic rings. The van der Waals surface area contributed by atoms with Gasteiger partial charge in [0.05, 0.1) is 11.8 Å². The van der Waals surface area contributed by atoms with E-state index in [0.717, 1.165) is 6.42 Å². The van der Waals surface area contributed by atoms with E-state index in [1.807, 2.05) is 12.2 Å². The van der Waals surface area contributed by atoms with Gasteiger partial charge in [-0.1, -0.05) is 12.2 Å². The second-order valence-corrected chi connectivity index (χ2v) is 5.77. The first-order chi connectivity index (χ1) is 10.5. The highest BCUT2D eigenvalue weighted by atomic mass is 16.4. The Labute approximate surface area is 127 Å². The molecule has 0 radical (unpaired) electrons. The van der Waals surface area contributed by atoms with Crippen molar-refractivity contribution in [2.75, 3.05) is 5.32 Å². The first-order valence-electron chi connectivity index (χ1n) is 7.09. The van der Waals surface area contributed by atoms with Crippen molar-refractivity contribution in [3.8, 4) is 0 Å². The van der Waals surface area contributed by atoms with Crippen LogP contribution in [0.1, 0.15) is 16.8 Å². The Kier molecular flexibility index (Phi) is 3.44. The van der Waals surface area contributed by atoms with Crippen LogP contribution in [0.2, 0.25) is 0 Å². The molecule has 0 unspecified atom stereocenters. The smallest absolute Gasteiger partial charge is 0.307 e. The molecule has 1 fully saturated rings. The fourth-order valence-corrected chi connectivity index (χ4v) is 3.46. The molecule has 3 rings (SSSR count). The zero-order valence-electron chi connectivity index (χ0n) is 11.7. The van der Waals surface area contributed by atoms with E-state index in [-0.39, 0.29) is 17.7 Å². The van der Waals surface area contributed by atoms with E-state index in [0.29, 0.717) is 11.3 Å². The predicted octanol–water partition coefficient (Wildman–Crippen LogP) is 1.25. The number of carbonyl (C=O) groups excluding carboxylic acids is 2. The molecule has 4 N–H and O–H groups in total. The zero-order chi connectivity index (χ0) is 15.9. The minimum absolute atomic E-state index is 0.0176. The Morgan fingerprint density at radius 2 is 1.64 bits per heavy atom. The van der Waals surface area contributed by atoms with Gasteiger partial charge in [0.1, 0.15) is 0 Å². The molecule has 0 aliphatic heterocycles. The number of hydrogen-bond acceptors (Lipinski definition) is 3. The molecule has 22 heavy (non-hydrogen) atoms. The molecule has 0 aromatic heterocycles. The van der Waals surface area contributed by atoms with Crippen LogP contribution in [0.15, 0.2) is 36.4 Å². The van der Waals surface area contributed by atoms with E-state index in [9.17, 15) is 19.5 Å². The largest absolute Gasteiger partial charge is 0.481 e. The van der Waals surface area contributed by atoms with Crippen LogP contribution in [-0.4, -0.2) is 22.9 Å². The second-order valence-electron chi connectivity index (χ2n) is 5.77. The average molecular weight is 300 g/mol. The SMILES string of the molecule is NC(=O)c1ccc(NC(=O)[C@H]2[C@@H](C(=O)O)[C@H]3C=C[C@H]2C3)cc1. The molecule has 2 aliphatic carbocycles. The van der Waals surface area contributed by atoms with Gasteiger partial charge in [0, 0.05) is 11.3 Å². The molecule has 2 amide bonds. The summed E-state index contributed by atoms with van der Waals surface area (Å²) in [6.07, 6.45) is 4.55. The summed E-state index contributed by atoms with van der Waals surface area (Å²) in [5.41, 5.74) is 6.03. The quantitative estimate of drug-likeness (QED) is 0.727. The van der Waals surface area contributed by atoms with Crippen LogP contribution >= 0.6 is 0 Å². The molecule has 6 nitrogen and oxygen atoms in total. The Balaban J connectivity index is 1.75. The van der Waals surface area contributed by atoms with Crippen LogP contribution in [0.25, 0.3) is 0 Å². The van der Waals surface area contributed by atoms with Gasteiger partial charge in [0.25, 0.3) is 0 Å². The van der Waals surface area contributed by atoms with Crippen molar-refractivity contribution in [1.29, 1.82) is 0 Å². The summed E-state index contributed by atoms with van der Waals surface area (Å²) >= 11 is 0. The minimum Gasteiger partial charge on any atom is -0.481 e. The molecule has 1 aromatic carbocycles. The summed E-state index contributed by atoms with van der Waals surface area (Å²) in [4.78, 5) is 34.9. The summed E-state index contributed by atoms with van der Waals surface area (Å²) in [5, 5.41) is 12.1. The van der Waals surface area contributed by atoms with Crippen molar-refractivity contribution in [3.63, 3.8) is 0 Å². The molecular formula is C16H16N2O4. The summed E-state index contributed by atoms with van der Waals surface area (Å²) in [5.74, 6) is -3.06. The first kappa shape index (κ1) is 14.3. The van der Waals surface area contributed by atoms with E-state index in [4.69, 9.17) is 5.73 Å². The molecule has 2 bridgehead atoms. The first-order valence-corrected chi connectivity index (χ1v) is 7.09. The van der Waals surface area contributed by atoms with Gasteiger partial charge in [-0.2, -0.15) is 0 Å². The zero-order valence-corrected chi connectivity index (χ0v) is 11.7. The van der Waals surface area contributed by atoms with Gasteiger partial charge in [0.15, 0.2) is 0 Å². The molecule has 4 atom stereocenters. The van der Waals surface area contributed by atoms with Gasteiger partial charge in [-0.15, -0.1) is 0 Å². The van der Waals surface area contributed by atoms with Crippen molar-refractivity contribution in [3.05, 3.63) is 42.0 Å². The van der Waals surface area contributed by atoms with Gasteiger partial charge in [0.2, 0.25) is 11.8 Å². The van der Waals surface area contributed by atoms with Crippen molar-refractivity contribution in [2.24, 2.45) is 29.4 Å². The maximum atomic E-state index is 12.4. The average Bonchev–Trinajstić information content (AvgIpc) is 3.08. The fourth-order valence-electron chi connectivity index (χ4n) is 3.46. The normalized spacial score (nSPS) is 28.5. The lowest BCUT2D eigenvalue weighted by Gasteiger charge is -2.23. The maximum absolute atomic E-state index is 12.4. The number of anilines is 1. The number of fused-ring (bicyclic) bond motifs is 2. The Hall–Kier alpha value is -2.63. The van der Waals surface area contributed by atoms with E-state index in [2.05, 4.69) is 5.32 Å². The van der Waals surface area contributed by atoms with E-state index >= 15 is 0 Å². The lowest BCUT2D eigenvalue weighted by atomic mass is 9.82. The van der Waals surface area contributed by atoms with Crippen LogP contribution in [0.5, 0.6) is 0 Å². The number of nitrogens with two attached hydrogens (primary N) is 1. The molecular weight excluding hydrogens is 284 g/mol. The number of carboxylic acid groups (broad SMARTS) is 1. The lowest BCUT2D eigenvalue weighted by Crippen LogP contribution is -2.36. The number of nitrogens with one attached hydrogen (secondary N) is 1. The number of rotatable bonds is 4. The van der Waals surface area contributed by atoms with Crippen molar-refractivity contribution >= 4 is 23.5 Å². The van der Waals surface area contributed by atoms with Crippen LogP contribution in [0.4, 0.5) is 5.69 Å². The molecule has 0 saturated heterocycles. The third-order valence-corrected chi connectivity index (χ3v) is 4.48. The molecule has 1 saturated carbocycles. The van der Waals surface area contributed by atoms with Gasteiger partial charge in [-0.05, 0) is 42.5 Å². The predicted molar refractivity (Wildman–Crippen MR) is 78.9 cm³/mol. The summed E-state index contributed by atoms with van der Waals surface area (Å²) in [7, 11) is 0. The number of benzene rings is 1. The highest BCUT2D eigenvalue weighted by Crippen LogP contribution is 2.48. The van der Waals surface area contributed by atoms with Crippen molar-refractivity contribution in [2.45, 2.75) is 6.42 Å². The molecule has 0 spiro atoms. The van der Waals surface area contributed by atoms with E-state index in [1.165, 1.54) is 12.1 Å². The van der Waals surface area contributed by atoms with E-state index < -0.39 is 23.7 Å². The second kappa shape index (κ2) is 5.29. The highest BCUT2D eigenvalue weighted by molar-refractivity contribution is 5.97. The Morgan fingerprint density at radius 1 is 1.05 bits per heavy atom. The van der Waals surface area contributed by atoms with Gasteiger partial charge in [-0.3, -0.25) is 14.4 Å². The topological polar surface area (TPSA) is 109 Å². The summed E-state index contributed by atoms with van der Waals surface area (Å²) in [6, 6.07) is 6.20. The van der Waals surface area contributed by atoms with Crippen LogP contribution < -0.4 is 11.1 Å². The van der Waals surface area contributed by atoms with Crippen LogP contribution in [-0.2, 0) is 9.59 Å². The molecule has 114 valence electrons. The molecule has 6 heteroatoms. The van der Waals surface area contributed by atoms with Crippen LogP contribution in [0, 0.1) is 23.7 Å². The van der Waals surface area contributed by atoms with Gasteiger partial charge < -0.3 is 16.2 Å². The van der Waals surface area contributed by atoms with Crippen molar-refractivity contribution in [1.82, 2.24) is 0 Å². The van der Waals surface area contributed by atoms with Gasteiger partial charge >= 0.3 is 5.97 Å². The third-order valence-electron chi connectivity index (χ3n) is 4.48. The Morgan fingerprint density at radius 3 is 2.18 bits per heavy atom. The lowest BCUT2D eigenvalue weighted by molar-refractivity contribution is -0.146. The van der Waals surface area contributed by atoms with Crippen molar-refractivity contribution < 1.29 is 19.5 Å². The standard InChI is InChI=1S/C16H16N2O4/c17-14(19)8-3-5-11(6-4-8)18-15(20)12-9-1-2-10(7-9)13(12)16(21)22/h1-6,9-10,12-13H,7H2,(H2,17,19)(H,18,20)(H,21,22)/t9-,10-,12+,13-/m0/s1. The maximum Gasteiger partial charge on any atom is 0.307 e. The third kappa shape index (κ3) is 2.36. The summed E-state index contributed by atoms with van der Waals surface area (Å²) < 4.78 is 0. The number of carboxylic acids is 1. The monoisotopic (exact) mass is 300 g/mol. The van der Waals surface area contributed by atoms with Gasteiger partial charge in [-0.25, -0.2) is 0 Å². The fraction of sp³-hybridized carbons (Fsp3) is 0.312. The number of carbonyl (C=O) groups is 3. The Bertz CT molecular complexity index is 665. The van der Waals surface area contributed by atoms with E-state index in [1.54, 1.807) is 12.1 Å². The number of primary amides is 1. The highest BCUT2D eigenvalue weighted by Gasteiger charge is 2.51. The number of allylic oxidation sites excluding steroid dienone is 2. The number of aliphatic carboxylic acids is 1.